The molecule has 8 nitrogen and oxygen atoms in total. The highest BCUT2D eigenvalue weighted by Crippen LogP contribution is 2.29. The Bertz CT molecular complexity index is 1170. The van der Waals surface area contributed by atoms with E-state index in [2.05, 4.69) is 5.32 Å². The highest BCUT2D eigenvalue weighted by atomic mass is 35.5. The number of aromatic nitrogens is 2. The SMILES string of the molecule is COc1cc(NC(=O)N(C)c2cc(C(C)(C)C)nn2-c2cccc(Cl)c2)ccc1C(N)=O. The molecular weight excluding hydrogens is 430 g/mol. The fourth-order valence-electron chi connectivity index (χ4n) is 3.06. The number of ether oxygens (including phenoxy) is 1. The Balaban J connectivity index is 1.96. The van der Waals surface area contributed by atoms with Crippen LogP contribution in [0.15, 0.2) is 48.5 Å². The molecule has 0 aliphatic carbocycles. The number of benzene rings is 2. The number of primary amides is 1. The monoisotopic (exact) mass is 455 g/mol. The van der Waals surface area contributed by atoms with Gasteiger partial charge in [0.05, 0.1) is 24.1 Å². The zero-order chi connectivity index (χ0) is 23.6. The third kappa shape index (κ3) is 4.86. The van der Waals surface area contributed by atoms with Crippen molar-refractivity contribution in [2.45, 2.75) is 26.2 Å². The third-order valence-corrected chi connectivity index (χ3v) is 5.11. The van der Waals surface area contributed by atoms with Crippen molar-refractivity contribution in [2.75, 3.05) is 24.4 Å². The summed E-state index contributed by atoms with van der Waals surface area (Å²) in [5.74, 6) is 0.226. The Labute approximate surface area is 191 Å². The van der Waals surface area contributed by atoms with Crippen LogP contribution >= 0.6 is 11.6 Å². The number of urea groups is 1. The van der Waals surface area contributed by atoms with Crippen molar-refractivity contribution in [1.82, 2.24) is 9.78 Å². The molecule has 3 N–H and O–H groups in total. The van der Waals surface area contributed by atoms with E-state index < -0.39 is 11.9 Å². The number of anilines is 2. The largest absolute Gasteiger partial charge is 0.496 e. The molecule has 3 aromatic rings. The first-order valence-electron chi connectivity index (χ1n) is 9.90. The molecule has 1 heterocycles. The van der Waals surface area contributed by atoms with E-state index in [-0.39, 0.29) is 16.7 Å². The van der Waals surface area contributed by atoms with Crippen molar-refractivity contribution in [3.63, 3.8) is 0 Å². The van der Waals surface area contributed by atoms with Gasteiger partial charge in [-0.05, 0) is 30.3 Å². The van der Waals surface area contributed by atoms with Gasteiger partial charge in [-0.1, -0.05) is 38.4 Å². The molecule has 2 aromatic carbocycles. The van der Waals surface area contributed by atoms with Crippen LogP contribution in [-0.4, -0.2) is 35.9 Å². The lowest BCUT2D eigenvalue weighted by molar-refractivity contribution is 0.0997. The van der Waals surface area contributed by atoms with Crippen LogP contribution in [0.25, 0.3) is 5.69 Å². The summed E-state index contributed by atoms with van der Waals surface area (Å²) in [6, 6.07) is 13.4. The van der Waals surface area contributed by atoms with Crippen LogP contribution in [0.5, 0.6) is 5.75 Å². The molecule has 1 aromatic heterocycles. The summed E-state index contributed by atoms with van der Waals surface area (Å²) in [4.78, 5) is 26.0. The number of carbonyl (C=O) groups excluding carboxylic acids is 2. The lowest BCUT2D eigenvalue weighted by atomic mass is 9.92. The first-order chi connectivity index (χ1) is 15.0. The molecule has 0 unspecified atom stereocenters. The van der Waals surface area contributed by atoms with Gasteiger partial charge in [-0.3, -0.25) is 9.69 Å². The molecule has 0 saturated carbocycles. The maximum Gasteiger partial charge on any atom is 0.327 e. The average molecular weight is 456 g/mol. The molecule has 0 fully saturated rings. The number of hydrogen-bond donors (Lipinski definition) is 2. The van der Waals surface area contributed by atoms with Gasteiger partial charge in [0.1, 0.15) is 11.6 Å². The van der Waals surface area contributed by atoms with E-state index in [0.717, 1.165) is 11.4 Å². The summed E-state index contributed by atoms with van der Waals surface area (Å²) in [6.07, 6.45) is 0. The molecule has 0 aliphatic rings. The minimum Gasteiger partial charge on any atom is -0.496 e. The minimum atomic E-state index is -0.614. The molecule has 32 heavy (non-hydrogen) atoms. The molecule has 0 bridgehead atoms. The first-order valence-corrected chi connectivity index (χ1v) is 10.3. The van der Waals surface area contributed by atoms with Crippen molar-refractivity contribution < 1.29 is 14.3 Å². The number of hydrogen-bond acceptors (Lipinski definition) is 4. The summed E-state index contributed by atoms with van der Waals surface area (Å²) in [5.41, 5.74) is 7.36. The number of rotatable bonds is 5. The minimum absolute atomic E-state index is 0.228. The molecule has 0 radical (unpaired) electrons. The van der Waals surface area contributed by atoms with Crippen LogP contribution in [0, 0.1) is 0 Å². The number of nitrogens with zero attached hydrogens (tertiary/aromatic N) is 3. The molecule has 9 heteroatoms. The highest BCUT2D eigenvalue weighted by molar-refractivity contribution is 6.30. The normalized spacial score (nSPS) is 11.2. The predicted octanol–water partition coefficient (Wildman–Crippen LogP) is 4.60. The van der Waals surface area contributed by atoms with Crippen molar-refractivity contribution in [1.29, 1.82) is 0 Å². The number of methoxy groups -OCH3 is 1. The Hall–Kier alpha value is -3.52. The summed E-state index contributed by atoms with van der Waals surface area (Å²) >= 11 is 6.18. The smallest absolute Gasteiger partial charge is 0.327 e. The molecular formula is C23H26ClN5O3. The topological polar surface area (TPSA) is 102 Å². The summed E-state index contributed by atoms with van der Waals surface area (Å²) in [7, 11) is 3.08. The quantitative estimate of drug-likeness (QED) is 0.586. The van der Waals surface area contributed by atoms with Crippen LogP contribution in [-0.2, 0) is 5.41 Å². The van der Waals surface area contributed by atoms with Crippen LogP contribution < -0.4 is 20.7 Å². The van der Waals surface area contributed by atoms with Gasteiger partial charge in [-0.25, -0.2) is 9.48 Å². The number of nitrogens with two attached hydrogens (primary N) is 1. The van der Waals surface area contributed by atoms with Gasteiger partial charge < -0.3 is 15.8 Å². The van der Waals surface area contributed by atoms with Crippen LogP contribution in [0.2, 0.25) is 5.02 Å². The number of halogens is 1. The molecule has 0 aliphatic heterocycles. The van der Waals surface area contributed by atoms with E-state index in [1.807, 2.05) is 39.0 Å². The van der Waals surface area contributed by atoms with Crippen LogP contribution in [0.1, 0.15) is 36.8 Å². The van der Waals surface area contributed by atoms with Gasteiger partial charge in [0, 0.05) is 35.3 Å². The van der Waals surface area contributed by atoms with Crippen LogP contribution in [0.3, 0.4) is 0 Å². The fourth-order valence-corrected chi connectivity index (χ4v) is 3.24. The fraction of sp³-hybridized carbons (Fsp3) is 0.261. The van der Waals surface area contributed by atoms with Crippen molar-refractivity contribution >= 4 is 35.0 Å². The predicted molar refractivity (Wildman–Crippen MR) is 126 cm³/mol. The van der Waals surface area contributed by atoms with E-state index in [1.165, 1.54) is 18.1 Å². The van der Waals surface area contributed by atoms with Crippen molar-refractivity contribution in [3.05, 3.63) is 64.8 Å². The zero-order valence-corrected chi connectivity index (χ0v) is 19.4. The molecule has 0 atom stereocenters. The van der Waals surface area contributed by atoms with Crippen molar-refractivity contribution in [2.24, 2.45) is 5.73 Å². The summed E-state index contributed by atoms with van der Waals surface area (Å²) in [5, 5.41) is 8.10. The molecule has 0 saturated heterocycles. The summed E-state index contributed by atoms with van der Waals surface area (Å²) < 4.78 is 6.89. The van der Waals surface area contributed by atoms with E-state index in [0.29, 0.717) is 16.5 Å². The third-order valence-electron chi connectivity index (χ3n) is 4.88. The first kappa shape index (κ1) is 23.1. The van der Waals surface area contributed by atoms with E-state index >= 15 is 0 Å². The van der Waals surface area contributed by atoms with E-state index in [9.17, 15) is 9.59 Å². The Morgan fingerprint density at radius 2 is 1.88 bits per heavy atom. The van der Waals surface area contributed by atoms with Crippen molar-refractivity contribution in [3.8, 4) is 11.4 Å². The van der Waals surface area contributed by atoms with Gasteiger partial charge in [0.25, 0.3) is 5.91 Å². The molecule has 0 spiro atoms. The van der Waals surface area contributed by atoms with Gasteiger partial charge in [0.15, 0.2) is 0 Å². The second kappa shape index (κ2) is 8.92. The maximum atomic E-state index is 13.1. The van der Waals surface area contributed by atoms with E-state index in [1.54, 1.807) is 36.0 Å². The second-order valence-corrected chi connectivity index (χ2v) is 8.73. The number of nitrogens with one attached hydrogen (secondary N) is 1. The molecule has 168 valence electrons. The number of amides is 3. The zero-order valence-electron chi connectivity index (χ0n) is 18.6. The summed E-state index contributed by atoms with van der Waals surface area (Å²) in [6.45, 7) is 6.15. The lowest BCUT2D eigenvalue weighted by Crippen LogP contribution is -2.32. The average Bonchev–Trinajstić information content (AvgIpc) is 3.19. The highest BCUT2D eigenvalue weighted by Gasteiger charge is 2.25. The molecule has 3 amide bonds. The van der Waals surface area contributed by atoms with E-state index in [4.69, 9.17) is 27.2 Å². The van der Waals surface area contributed by atoms with Gasteiger partial charge in [-0.2, -0.15) is 5.10 Å². The van der Waals surface area contributed by atoms with Gasteiger partial charge >= 0.3 is 6.03 Å². The van der Waals surface area contributed by atoms with Gasteiger partial charge in [0.2, 0.25) is 0 Å². The lowest BCUT2D eigenvalue weighted by Gasteiger charge is -2.19. The Kier molecular flexibility index (Phi) is 6.45. The Morgan fingerprint density at radius 3 is 2.47 bits per heavy atom. The van der Waals surface area contributed by atoms with Gasteiger partial charge in [-0.15, -0.1) is 0 Å². The number of carbonyl (C=O) groups is 2. The van der Waals surface area contributed by atoms with Crippen LogP contribution in [0.4, 0.5) is 16.3 Å². The standard InChI is InChI=1S/C23H26ClN5O3/c1-23(2,3)19-13-20(29(27-19)16-8-6-7-14(24)11-16)28(4)22(31)26-15-9-10-17(21(25)30)18(12-15)32-5/h6-13H,1-5H3,(H2,25,30)(H,26,31). The maximum absolute atomic E-state index is 13.1. The second-order valence-electron chi connectivity index (χ2n) is 8.30. The Morgan fingerprint density at radius 1 is 1.16 bits per heavy atom. The molecule has 3 rings (SSSR count).